The van der Waals surface area contributed by atoms with E-state index in [1.54, 1.807) is 0 Å². The van der Waals surface area contributed by atoms with E-state index in [2.05, 4.69) is 39.8 Å². The minimum atomic E-state index is 0.161. The Hall–Kier alpha value is -1.11. The molecule has 0 N–H and O–H groups in total. The van der Waals surface area contributed by atoms with E-state index >= 15 is 0 Å². The van der Waals surface area contributed by atoms with Crippen LogP contribution in [-0.4, -0.2) is 5.78 Å². The van der Waals surface area contributed by atoms with Crippen LogP contribution in [-0.2, 0) is 5.41 Å². The number of rotatable bonds is 2. The van der Waals surface area contributed by atoms with E-state index in [0.717, 1.165) is 12.0 Å². The first-order valence-electron chi connectivity index (χ1n) is 6.04. The van der Waals surface area contributed by atoms with E-state index in [9.17, 15) is 4.79 Å². The maximum atomic E-state index is 12.0. The highest BCUT2D eigenvalue weighted by Crippen LogP contribution is 2.40. The van der Waals surface area contributed by atoms with Crippen LogP contribution in [0.4, 0.5) is 0 Å². The van der Waals surface area contributed by atoms with Gasteiger partial charge in [0.15, 0.2) is 5.78 Å². The Labute approximate surface area is 97.9 Å². The van der Waals surface area contributed by atoms with Gasteiger partial charge in [0.05, 0.1) is 0 Å². The first-order valence-corrected chi connectivity index (χ1v) is 6.04. The second kappa shape index (κ2) is 3.73. The fourth-order valence-corrected chi connectivity index (χ4v) is 2.04. The van der Waals surface area contributed by atoms with Gasteiger partial charge in [-0.05, 0) is 23.3 Å². The molecule has 1 aliphatic rings. The zero-order valence-corrected chi connectivity index (χ0v) is 10.6. The van der Waals surface area contributed by atoms with Crippen molar-refractivity contribution >= 4 is 5.78 Å². The zero-order valence-electron chi connectivity index (χ0n) is 10.6. The summed E-state index contributed by atoms with van der Waals surface area (Å²) in [5.74, 6) is 1.21. The van der Waals surface area contributed by atoms with Gasteiger partial charge in [-0.2, -0.15) is 0 Å². The second-order valence-electron chi connectivity index (χ2n) is 6.01. The number of benzene rings is 1. The molecule has 0 aromatic heterocycles. The van der Waals surface area contributed by atoms with Crippen LogP contribution in [0.1, 0.15) is 50.0 Å². The summed E-state index contributed by atoms with van der Waals surface area (Å²) in [6.45, 7) is 8.71. The topological polar surface area (TPSA) is 17.1 Å². The van der Waals surface area contributed by atoms with E-state index in [-0.39, 0.29) is 5.41 Å². The molecule has 0 saturated heterocycles. The summed E-state index contributed by atoms with van der Waals surface area (Å²) in [6.07, 6.45) is 1.07. The average molecular weight is 216 g/mol. The average Bonchev–Trinajstić information content (AvgIpc) is 2.93. The molecule has 16 heavy (non-hydrogen) atoms. The predicted molar refractivity (Wildman–Crippen MR) is 66.7 cm³/mol. The van der Waals surface area contributed by atoms with Gasteiger partial charge < -0.3 is 0 Å². The van der Waals surface area contributed by atoms with Crippen LogP contribution in [0.2, 0.25) is 0 Å². The van der Waals surface area contributed by atoms with Gasteiger partial charge in [-0.3, -0.25) is 4.79 Å². The standard InChI is InChI=1S/C15H20O/c1-10-9-13(10)14(16)11-5-7-12(8-6-11)15(2,3)4/h5-8,10,13H,9H2,1-4H3. The molecule has 1 aromatic carbocycles. The molecule has 1 fully saturated rings. The minimum Gasteiger partial charge on any atom is -0.294 e. The normalized spacial score (nSPS) is 24.2. The Morgan fingerprint density at radius 1 is 1.19 bits per heavy atom. The van der Waals surface area contributed by atoms with Crippen LogP contribution in [0.3, 0.4) is 0 Å². The number of Topliss-reactive ketones (excluding diaryl/α,β-unsaturated/α-hetero) is 1. The molecule has 0 bridgehead atoms. The summed E-state index contributed by atoms with van der Waals surface area (Å²) >= 11 is 0. The van der Waals surface area contributed by atoms with Gasteiger partial charge >= 0.3 is 0 Å². The molecule has 1 aromatic rings. The Morgan fingerprint density at radius 2 is 1.69 bits per heavy atom. The highest BCUT2D eigenvalue weighted by Gasteiger charge is 2.39. The van der Waals surface area contributed by atoms with Gasteiger partial charge in [0, 0.05) is 11.5 Å². The summed E-state index contributed by atoms with van der Waals surface area (Å²) in [5, 5.41) is 0. The summed E-state index contributed by atoms with van der Waals surface area (Å²) in [7, 11) is 0. The van der Waals surface area contributed by atoms with Crippen LogP contribution in [0.25, 0.3) is 0 Å². The van der Waals surface area contributed by atoms with Crippen molar-refractivity contribution in [1.82, 2.24) is 0 Å². The summed E-state index contributed by atoms with van der Waals surface area (Å²) in [4.78, 5) is 12.0. The van der Waals surface area contributed by atoms with Crippen molar-refractivity contribution in [3.05, 3.63) is 35.4 Å². The maximum Gasteiger partial charge on any atom is 0.166 e. The van der Waals surface area contributed by atoms with Gasteiger partial charge in [0.1, 0.15) is 0 Å². The largest absolute Gasteiger partial charge is 0.294 e. The number of hydrogen-bond acceptors (Lipinski definition) is 1. The first-order chi connectivity index (χ1) is 7.39. The van der Waals surface area contributed by atoms with Gasteiger partial charge in [0.25, 0.3) is 0 Å². The Morgan fingerprint density at radius 3 is 2.06 bits per heavy atom. The Balaban J connectivity index is 2.16. The maximum absolute atomic E-state index is 12.0. The van der Waals surface area contributed by atoms with Gasteiger partial charge in [0.2, 0.25) is 0 Å². The quantitative estimate of drug-likeness (QED) is 0.687. The fraction of sp³-hybridized carbons (Fsp3) is 0.533. The molecule has 2 rings (SSSR count). The lowest BCUT2D eigenvalue weighted by Gasteiger charge is -2.18. The molecule has 0 heterocycles. The molecule has 2 atom stereocenters. The SMILES string of the molecule is CC1CC1C(=O)c1ccc(C(C)(C)C)cc1. The second-order valence-corrected chi connectivity index (χ2v) is 6.01. The molecular weight excluding hydrogens is 196 g/mol. The third kappa shape index (κ3) is 2.18. The first kappa shape index (κ1) is 11.4. The van der Waals surface area contributed by atoms with Crippen LogP contribution in [0, 0.1) is 11.8 Å². The Kier molecular flexibility index (Phi) is 2.65. The highest BCUT2D eigenvalue weighted by atomic mass is 16.1. The lowest BCUT2D eigenvalue weighted by Crippen LogP contribution is -2.11. The van der Waals surface area contributed by atoms with Crippen molar-refractivity contribution in [3.8, 4) is 0 Å². The lowest BCUT2D eigenvalue weighted by molar-refractivity contribution is 0.0962. The van der Waals surface area contributed by atoms with E-state index in [4.69, 9.17) is 0 Å². The van der Waals surface area contributed by atoms with Crippen LogP contribution in [0.5, 0.6) is 0 Å². The lowest BCUT2D eigenvalue weighted by atomic mass is 9.86. The summed E-state index contributed by atoms with van der Waals surface area (Å²) < 4.78 is 0. The third-order valence-corrected chi connectivity index (χ3v) is 3.48. The van der Waals surface area contributed by atoms with Crippen molar-refractivity contribution < 1.29 is 4.79 Å². The number of carbonyl (C=O) groups is 1. The molecule has 0 aliphatic heterocycles. The minimum absolute atomic E-state index is 0.161. The zero-order chi connectivity index (χ0) is 11.9. The van der Waals surface area contributed by atoms with Crippen LogP contribution < -0.4 is 0 Å². The van der Waals surface area contributed by atoms with Gasteiger partial charge in [-0.15, -0.1) is 0 Å². The number of ketones is 1. The van der Waals surface area contributed by atoms with Crippen molar-refractivity contribution in [3.63, 3.8) is 0 Å². The van der Waals surface area contributed by atoms with E-state index in [0.29, 0.717) is 17.6 Å². The number of hydrogen-bond donors (Lipinski definition) is 0. The third-order valence-electron chi connectivity index (χ3n) is 3.48. The smallest absolute Gasteiger partial charge is 0.166 e. The van der Waals surface area contributed by atoms with Crippen molar-refractivity contribution in [2.75, 3.05) is 0 Å². The van der Waals surface area contributed by atoms with E-state index < -0.39 is 0 Å². The van der Waals surface area contributed by atoms with Gasteiger partial charge in [-0.25, -0.2) is 0 Å². The van der Waals surface area contributed by atoms with Crippen LogP contribution in [0.15, 0.2) is 24.3 Å². The van der Waals surface area contributed by atoms with Crippen molar-refractivity contribution in [2.45, 2.75) is 39.5 Å². The molecule has 86 valence electrons. The predicted octanol–water partition coefficient (Wildman–Crippen LogP) is 3.82. The molecule has 0 radical (unpaired) electrons. The molecule has 0 amide bonds. The molecule has 1 heteroatoms. The number of carbonyl (C=O) groups excluding carboxylic acids is 1. The fourth-order valence-electron chi connectivity index (χ4n) is 2.04. The van der Waals surface area contributed by atoms with Gasteiger partial charge in [-0.1, -0.05) is 52.0 Å². The molecule has 1 aliphatic carbocycles. The van der Waals surface area contributed by atoms with E-state index in [1.807, 2.05) is 12.1 Å². The summed E-state index contributed by atoms with van der Waals surface area (Å²) in [5.41, 5.74) is 2.32. The molecule has 2 unspecified atom stereocenters. The highest BCUT2D eigenvalue weighted by molar-refractivity contribution is 5.99. The molecule has 1 saturated carbocycles. The molecule has 0 spiro atoms. The monoisotopic (exact) mass is 216 g/mol. The molecule has 1 nitrogen and oxygen atoms in total. The Bertz CT molecular complexity index is 394. The van der Waals surface area contributed by atoms with Crippen molar-refractivity contribution in [1.29, 1.82) is 0 Å². The summed E-state index contributed by atoms with van der Waals surface area (Å²) in [6, 6.07) is 8.13. The molecular formula is C15H20O. The van der Waals surface area contributed by atoms with Crippen LogP contribution >= 0.6 is 0 Å². The van der Waals surface area contributed by atoms with E-state index in [1.165, 1.54) is 5.56 Å². The van der Waals surface area contributed by atoms with Crippen molar-refractivity contribution in [2.24, 2.45) is 11.8 Å².